The van der Waals surface area contributed by atoms with Gasteiger partial charge in [-0.05, 0) is 34.9 Å². The van der Waals surface area contributed by atoms with Crippen LogP contribution < -0.4 is 4.74 Å². The minimum Gasteiger partial charge on any atom is -0.427 e. The van der Waals surface area contributed by atoms with Crippen LogP contribution in [0.15, 0.2) is 54.6 Å². The van der Waals surface area contributed by atoms with Crippen LogP contribution in [0.2, 0.25) is 0 Å². The minimum absolute atomic E-state index is 0.0291. The molecule has 0 unspecified atom stereocenters. The molecule has 0 saturated carbocycles. The molecule has 0 aliphatic heterocycles. The molecule has 102 valence electrons. The van der Waals surface area contributed by atoms with Gasteiger partial charge < -0.3 is 9.84 Å². The molecule has 0 spiro atoms. The van der Waals surface area contributed by atoms with Crippen molar-refractivity contribution in [2.24, 2.45) is 0 Å². The Kier molecular flexibility index (Phi) is 4.69. The predicted molar refractivity (Wildman–Crippen MR) is 79.3 cm³/mol. The molecule has 0 saturated heterocycles. The van der Waals surface area contributed by atoms with Gasteiger partial charge in [-0.15, -0.1) is 0 Å². The van der Waals surface area contributed by atoms with Crippen molar-refractivity contribution < 1.29 is 14.6 Å². The molecule has 2 rings (SSSR count). The monoisotopic (exact) mass is 268 g/mol. The number of carbonyl (C=O) groups is 1. The van der Waals surface area contributed by atoms with E-state index < -0.39 is 0 Å². The van der Waals surface area contributed by atoms with E-state index in [4.69, 9.17) is 9.84 Å². The summed E-state index contributed by atoms with van der Waals surface area (Å²) in [5.74, 6) is 0.214. The molecule has 0 aliphatic rings. The van der Waals surface area contributed by atoms with Crippen molar-refractivity contribution in [2.45, 2.75) is 6.92 Å². The summed E-state index contributed by atoms with van der Waals surface area (Å²) in [5.41, 5.74) is 3.14. The Morgan fingerprint density at radius 2 is 1.90 bits per heavy atom. The summed E-state index contributed by atoms with van der Waals surface area (Å²) in [6.45, 7) is 1.41. The number of benzene rings is 2. The van der Waals surface area contributed by atoms with E-state index in [9.17, 15) is 4.79 Å². The molecule has 1 N–H and O–H groups in total. The Bertz CT molecular complexity index is 612. The van der Waals surface area contributed by atoms with Crippen molar-refractivity contribution in [2.75, 3.05) is 6.61 Å². The SMILES string of the molecule is CC(=O)Oc1ccc(-c2cccc(C=CCO)c2)cc1. The van der Waals surface area contributed by atoms with Gasteiger partial charge in [0.05, 0.1) is 6.61 Å². The normalized spacial score (nSPS) is 10.7. The van der Waals surface area contributed by atoms with Gasteiger partial charge in [-0.2, -0.15) is 0 Å². The van der Waals surface area contributed by atoms with E-state index in [1.165, 1.54) is 6.92 Å². The van der Waals surface area contributed by atoms with Crippen LogP contribution in [-0.2, 0) is 4.79 Å². The Morgan fingerprint density at radius 1 is 1.15 bits per heavy atom. The molecule has 0 bridgehead atoms. The lowest BCUT2D eigenvalue weighted by atomic mass is 10.0. The van der Waals surface area contributed by atoms with Gasteiger partial charge >= 0.3 is 5.97 Å². The molecule has 0 fully saturated rings. The van der Waals surface area contributed by atoms with Gasteiger partial charge in [0.2, 0.25) is 0 Å². The van der Waals surface area contributed by atoms with Gasteiger partial charge in [0.25, 0.3) is 0 Å². The van der Waals surface area contributed by atoms with E-state index in [1.807, 2.05) is 42.5 Å². The lowest BCUT2D eigenvalue weighted by Crippen LogP contribution is -2.00. The highest BCUT2D eigenvalue weighted by molar-refractivity contribution is 5.71. The van der Waals surface area contributed by atoms with Crippen molar-refractivity contribution in [3.05, 3.63) is 60.2 Å². The first kappa shape index (κ1) is 14.0. The molecule has 0 aromatic heterocycles. The van der Waals surface area contributed by atoms with Gasteiger partial charge in [0.1, 0.15) is 5.75 Å². The fourth-order valence-electron chi connectivity index (χ4n) is 1.89. The predicted octanol–water partition coefficient (Wildman–Crippen LogP) is 3.28. The lowest BCUT2D eigenvalue weighted by molar-refractivity contribution is -0.131. The number of carbonyl (C=O) groups excluding carboxylic acids is 1. The Morgan fingerprint density at radius 3 is 2.55 bits per heavy atom. The smallest absolute Gasteiger partial charge is 0.308 e. The van der Waals surface area contributed by atoms with Crippen molar-refractivity contribution >= 4 is 12.0 Å². The third kappa shape index (κ3) is 3.80. The zero-order chi connectivity index (χ0) is 14.4. The molecule has 0 amide bonds. The number of aliphatic hydroxyl groups is 1. The highest BCUT2D eigenvalue weighted by Gasteiger charge is 2.01. The summed E-state index contributed by atoms with van der Waals surface area (Å²) in [6.07, 6.45) is 3.57. The van der Waals surface area contributed by atoms with Crippen LogP contribution in [0.3, 0.4) is 0 Å². The average molecular weight is 268 g/mol. The van der Waals surface area contributed by atoms with Gasteiger partial charge in [-0.25, -0.2) is 0 Å². The maximum absolute atomic E-state index is 10.9. The summed E-state index contributed by atoms with van der Waals surface area (Å²) >= 11 is 0. The van der Waals surface area contributed by atoms with Gasteiger partial charge in [-0.1, -0.05) is 42.5 Å². The molecule has 3 heteroatoms. The molecular weight excluding hydrogens is 252 g/mol. The van der Waals surface area contributed by atoms with Crippen LogP contribution in [0.25, 0.3) is 17.2 Å². The highest BCUT2D eigenvalue weighted by Crippen LogP contribution is 2.23. The first-order valence-corrected chi connectivity index (χ1v) is 6.35. The third-order valence-corrected chi connectivity index (χ3v) is 2.75. The second-order valence-corrected chi connectivity index (χ2v) is 4.33. The van der Waals surface area contributed by atoms with E-state index in [-0.39, 0.29) is 12.6 Å². The summed E-state index contributed by atoms with van der Waals surface area (Å²) in [6, 6.07) is 15.3. The van der Waals surface area contributed by atoms with Crippen molar-refractivity contribution in [1.82, 2.24) is 0 Å². The van der Waals surface area contributed by atoms with E-state index in [0.717, 1.165) is 16.7 Å². The second kappa shape index (κ2) is 6.68. The minimum atomic E-state index is -0.325. The fraction of sp³-hybridized carbons (Fsp3) is 0.118. The van der Waals surface area contributed by atoms with E-state index in [1.54, 1.807) is 18.2 Å². The first-order valence-electron chi connectivity index (χ1n) is 6.35. The summed E-state index contributed by atoms with van der Waals surface area (Å²) in [7, 11) is 0. The number of esters is 1. The maximum atomic E-state index is 10.9. The fourth-order valence-corrected chi connectivity index (χ4v) is 1.89. The van der Waals surface area contributed by atoms with E-state index in [0.29, 0.717) is 5.75 Å². The summed E-state index contributed by atoms with van der Waals surface area (Å²) < 4.78 is 5.00. The number of ether oxygens (including phenoxy) is 1. The highest BCUT2D eigenvalue weighted by atomic mass is 16.5. The zero-order valence-corrected chi connectivity index (χ0v) is 11.2. The van der Waals surface area contributed by atoms with Crippen LogP contribution in [0.1, 0.15) is 12.5 Å². The van der Waals surface area contributed by atoms with Gasteiger partial charge in [0, 0.05) is 6.92 Å². The topological polar surface area (TPSA) is 46.5 Å². The maximum Gasteiger partial charge on any atom is 0.308 e. The summed E-state index contributed by atoms with van der Waals surface area (Å²) in [5, 5.41) is 8.79. The molecule has 2 aromatic carbocycles. The molecule has 0 radical (unpaired) electrons. The number of hydrogen-bond donors (Lipinski definition) is 1. The Balaban J connectivity index is 2.23. The molecule has 20 heavy (non-hydrogen) atoms. The van der Waals surface area contributed by atoms with Crippen LogP contribution in [0.5, 0.6) is 5.75 Å². The molecule has 3 nitrogen and oxygen atoms in total. The molecule has 2 aromatic rings. The second-order valence-electron chi connectivity index (χ2n) is 4.33. The first-order chi connectivity index (χ1) is 9.69. The average Bonchev–Trinajstić information content (AvgIpc) is 2.45. The molecular formula is C17H16O3. The number of rotatable bonds is 4. The van der Waals surface area contributed by atoms with Crippen molar-refractivity contribution in [3.63, 3.8) is 0 Å². The van der Waals surface area contributed by atoms with Crippen LogP contribution in [-0.4, -0.2) is 17.7 Å². The van der Waals surface area contributed by atoms with Gasteiger partial charge in [0.15, 0.2) is 0 Å². The quantitative estimate of drug-likeness (QED) is 0.683. The van der Waals surface area contributed by atoms with Crippen molar-refractivity contribution in [1.29, 1.82) is 0 Å². The van der Waals surface area contributed by atoms with Crippen molar-refractivity contribution in [3.8, 4) is 16.9 Å². The molecule has 0 heterocycles. The third-order valence-electron chi connectivity index (χ3n) is 2.75. The standard InChI is InChI=1S/C17H16O3/c1-13(19)20-17-9-7-15(8-10-17)16-6-2-4-14(12-16)5-3-11-18/h2-10,12,18H,11H2,1H3. The van der Waals surface area contributed by atoms with E-state index >= 15 is 0 Å². The van der Waals surface area contributed by atoms with Crippen LogP contribution in [0, 0.1) is 0 Å². The largest absolute Gasteiger partial charge is 0.427 e. The zero-order valence-electron chi connectivity index (χ0n) is 11.2. The number of aliphatic hydroxyl groups excluding tert-OH is 1. The molecule has 0 atom stereocenters. The lowest BCUT2D eigenvalue weighted by Gasteiger charge is -2.05. The Labute approximate surface area is 118 Å². The summed E-state index contributed by atoms with van der Waals surface area (Å²) in [4.78, 5) is 10.9. The molecule has 0 aliphatic carbocycles. The Hall–Kier alpha value is -2.39. The number of hydrogen-bond acceptors (Lipinski definition) is 3. The van der Waals surface area contributed by atoms with Gasteiger partial charge in [-0.3, -0.25) is 4.79 Å². The van der Waals surface area contributed by atoms with Crippen LogP contribution in [0.4, 0.5) is 0 Å². The van der Waals surface area contributed by atoms with Crippen LogP contribution >= 0.6 is 0 Å². The van der Waals surface area contributed by atoms with E-state index in [2.05, 4.69) is 0 Å².